The van der Waals surface area contributed by atoms with E-state index in [0.29, 0.717) is 17.0 Å². The van der Waals surface area contributed by atoms with Crippen LogP contribution in [0.15, 0.2) is 28.9 Å². The van der Waals surface area contributed by atoms with E-state index >= 15 is 0 Å². The summed E-state index contributed by atoms with van der Waals surface area (Å²) in [6.45, 7) is 0. The summed E-state index contributed by atoms with van der Waals surface area (Å²) in [6, 6.07) is 4.13. The van der Waals surface area contributed by atoms with Gasteiger partial charge in [0.25, 0.3) is 0 Å². The fraction of sp³-hybridized carbons (Fsp3) is 0.250. The smallest absolute Gasteiger partial charge is 0.161 e. The van der Waals surface area contributed by atoms with Crippen molar-refractivity contribution < 1.29 is 9.13 Å². The Morgan fingerprint density at radius 2 is 2.26 bits per heavy atom. The van der Waals surface area contributed by atoms with Crippen molar-refractivity contribution in [1.82, 2.24) is 15.2 Å². The predicted octanol–water partition coefficient (Wildman–Crippen LogP) is 1.88. The molecule has 0 amide bonds. The molecule has 0 aliphatic heterocycles. The molecule has 0 saturated carbocycles. The van der Waals surface area contributed by atoms with Crippen molar-refractivity contribution in [2.45, 2.75) is 6.04 Å². The molecule has 2 aromatic rings. The van der Waals surface area contributed by atoms with Crippen LogP contribution in [0.25, 0.3) is 0 Å². The average Bonchev–Trinajstić information content (AvgIpc) is 2.76. The Hall–Kier alpha value is -1.44. The summed E-state index contributed by atoms with van der Waals surface area (Å²) in [7, 11) is 3.28. The van der Waals surface area contributed by atoms with Crippen LogP contribution >= 0.6 is 15.9 Å². The summed E-state index contributed by atoms with van der Waals surface area (Å²) in [5.74, 6) is 5.77. The van der Waals surface area contributed by atoms with E-state index in [-0.39, 0.29) is 5.82 Å². The van der Waals surface area contributed by atoms with E-state index in [1.807, 2.05) is 0 Å². The molecule has 2 rings (SSSR count). The van der Waals surface area contributed by atoms with E-state index in [1.165, 1.54) is 13.2 Å². The highest BCUT2D eigenvalue weighted by Gasteiger charge is 2.24. The Kier molecular flexibility index (Phi) is 4.18. The van der Waals surface area contributed by atoms with Crippen molar-refractivity contribution in [1.29, 1.82) is 0 Å². The minimum absolute atomic E-state index is 0.352. The highest BCUT2D eigenvalue weighted by Crippen LogP contribution is 2.31. The molecule has 0 aliphatic carbocycles. The molecule has 0 aliphatic rings. The molecule has 5 nitrogen and oxygen atoms in total. The maximum atomic E-state index is 14.0. The first-order chi connectivity index (χ1) is 9.08. The van der Waals surface area contributed by atoms with Gasteiger partial charge in [0.1, 0.15) is 11.5 Å². The number of hydrogen-bond donors (Lipinski definition) is 2. The van der Waals surface area contributed by atoms with Crippen molar-refractivity contribution in [2.75, 3.05) is 7.11 Å². The number of aromatic nitrogens is 2. The topological polar surface area (TPSA) is 65.1 Å². The highest BCUT2D eigenvalue weighted by molar-refractivity contribution is 9.10. The fourth-order valence-electron chi connectivity index (χ4n) is 1.97. The van der Waals surface area contributed by atoms with E-state index < -0.39 is 6.04 Å². The van der Waals surface area contributed by atoms with Crippen molar-refractivity contribution >= 4 is 15.9 Å². The second kappa shape index (κ2) is 5.68. The quantitative estimate of drug-likeness (QED) is 0.664. The van der Waals surface area contributed by atoms with Crippen molar-refractivity contribution in [2.24, 2.45) is 12.9 Å². The van der Waals surface area contributed by atoms with Gasteiger partial charge in [-0.3, -0.25) is 10.5 Å². The predicted molar refractivity (Wildman–Crippen MR) is 73.0 cm³/mol. The van der Waals surface area contributed by atoms with Gasteiger partial charge in [-0.15, -0.1) is 0 Å². The summed E-state index contributed by atoms with van der Waals surface area (Å²) < 4.78 is 21.6. The zero-order chi connectivity index (χ0) is 14.0. The Balaban J connectivity index is 2.56. The van der Waals surface area contributed by atoms with Crippen molar-refractivity contribution in [3.8, 4) is 5.75 Å². The lowest BCUT2D eigenvalue weighted by Gasteiger charge is -2.19. The Morgan fingerprint density at radius 3 is 2.89 bits per heavy atom. The molecule has 0 saturated heterocycles. The molecular formula is C12H14BrFN4O. The third-order valence-electron chi connectivity index (χ3n) is 2.88. The molecule has 0 radical (unpaired) electrons. The third-order valence-corrected chi connectivity index (χ3v) is 3.37. The molecule has 102 valence electrons. The lowest BCUT2D eigenvalue weighted by atomic mass is 10.0. The van der Waals surface area contributed by atoms with Crippen LogP contribution in [0.5, 0.6) is 5.75 Å². The van der Waals surface area contributed by atoms with Crippen LogP contribution in [0.3, 0.4) is 0 Å². The van der Waals surface area contributed by atoms with Gasteiger partial charge in [0, 0.05) is 17.1 Å². The first-order valence-electron chi connectivity index (χ1n) is 5.55. The fourth-order valence-corrected chi connectivity index (χ4v) is 2.34. The lowest BCUT2D eigenvalue weighted by molar-refractivity contribution is 0.400. The number of halogens is 2. The van der Waals surface area contributed by atoms with Gasteiger partial charge >= 0.3 is 0 Å². The van der Waals surface area contributed by atoms with Crippen LogP contribution in [0.1, 0.15) is 17.3 Å². The van der Waals surface area contributed by atoms with Gasteiger partial charge in [-0.05, 0) is 18.2 Å². The SMILES string of the molecule is COc1cnn(C)c1C(NN)c1cc(Br)ccc1F. The van der Waals surface area contributed by atoms with Crippen molar-refractivity contribution in [3.05, 3.63) is 45.9 Å². The molecule has 7 heteroatoms. The first kappa shape index (κ1) is 14.0. The summed E-state index contributed by atoms with van der Waals surface area (Å²) in [5, 5.41) is 4.10. The third kappa shape index (κ3) is 2.63. The first-order valence-corrected chi connectivity index (χ1v) is 6.34. The number of benzene rings is 1. The van der Waals surface area contributed by atoms with Gasteiger partial charge in [-0.25, -0.2) is 9.82 Å². The monoisotopic (exact) mass is 328 g/mol. The summed E-state index contributed by atoms with van der Waals surface area (Å²) in [5.41, 5.74) is 3.67. The Morgan fingerprint density at radius 1 is 1.53 bits per heavy atom. The van der Waals surface area contributed by atoms with Gasteiger partial charge in [-0.2, -0.15) is 5.10 Å². The van der Waals surface area contributed by atoms with Crippen LogP contribution in [0, 0.1) is 5.82 Å². The summed E-state index contributed by atoms with van der Waals surface area (Å²) in [4.78, 5) is 0. The Labute approximate surface area is 118 Å². The Bertz CT molecular complexity index is 587. The number of nitrogens with two attached hydrogens (primary N) is 1. The number of rotatable bonds is 4. The molecule has 1 unspecified atom stereocenters. The van der Waals surface area contributed by atoms with Crippen LogP contribution in [-0.2, 0) is 7.05 Å². The zero-order valence-electron chi connectivity index (χ0n) is 10.5. The molecule has 0 spiro atoms. The number of methoxy groups -OCH3 is 1. The molecule has 3 N–H and O–H groups in total. The molecule has 1 aromatic heterocycles. The zero-order valence-corrected chi connectivity index (χ0v) is 12.1. The van der Waals surface area contributed by atoms with Crippen LogP contribution in [-0.4, -0.2) is 16.9 Å². The molecule has 1 aromatic carbocycles. The summed E-state index contributed by atoms with van der Waals surface area (Å²) in [6.07, 6.45) is 1.57. The molecule has 1 heterocycles. The number of nitrogens with one attached hydrogen (secondary N) is 1. The minimum atomic E-state index is -0.556. The van der Waals surface area contributed by atoms with Gasteiger partial charge in [0.2, 0.25) is 0 Å². The van der Waals surface area contributed by atoms with Crippen LogP contribution in [0.4, 0.5) is 4.39 Å². The normalized spacial score (nSPS) is 12.5. The standard InChI is InChI=1S/C12H14BrFN4O/c1-18-12(10(19-2)6-16-18)11(17-15)8-5-7(13)3-4-9(8)14/h3-6,11,17H,15H2,1-2H3. The van der Waals surface area contributed by atoms with E-state index in [0.717, 1.165) is 4.47 Å². The minimum Gasteiger partial charge on any atom is -0.493 e. The van der Waals surface area contributed by atoms with Gasteiger partial charge < -0.3 is 4.74 Å². The van der Waals surface area contributed by atoms with Gasteiger partial charge in [0.15, 0.2) is 5.75 Å². The highest BCUT2D eigenvalue weighted by atomic mass is 79.9. The maximum Gasteiger partial charge on any atom is 0.161 e. The van der Waals surface area contributed by atoms with Crippen LogP contribution < -0.4 is 16.0 Å². The van der Waals surface area contributed by atoms with Crippen LogP contribution in [0.2, 0.25) is 0 Å². The molecule has 19 heavy (non-hydrogen) atoms. The number of hydrazine groups is 1. The largest absolute Gasteiger partial charge is 0.493 e. The number of aryl methyl sites for hydroxylation is 1. The molecule has 1 atom stereocenters. The van der Waals surface area contributed by atoms with Gasteiger partial charge in [0.05, 0.1) is 19.3 Å². The lowest BCUT2D eigenvalue weighted by Crippen LogP contribution is -2.31. The second-order valence-electron chi connectivity index (χ2n) is 3.99. The number of ether oxygens (including phenoxy) is 1. The van der Waals surface area contributed by atoms with E-state index in [2.05, 4.69) is 26.5 Å². The van der Waals surface area contributed by atoms with Crippen molar-refractivity contribution in [3.63, 3.8) is 0 Å². The molecule has 0 bridgehead atoms. The number of hydrogen-bond acceptors (Lipinski definition) is 4. The van der Waals surface area contributed by atoms with Gasteiger partial charge in [-0.1, -0.05) is 15.9 Å². The van der Waals surface area contributed by atoms with E-state index in [9.17, 15) is 4.39 Å². The second-order valence-corrected chi connectivity index (χ2v) is 4.90. The maximum absolute atomic E-state index is 14.0. The molecular weight excluding hydrogens is 315 g/mol. The summed E-state index contributed by atoms with van der Waals surface area (Å²) >= 11 is 3.32. The van der Waals surface area contributed by atoms with E-state index in [1.54, 1.807) is 30.1 Å². The average molecular weight is 329 g/mol. The van der Waals surface area contributed by atoms with E-state index in [4.69, 9.17) is 10.6 Å². The number of nitrogens with zero attached hydrogens (tertiary/aromatic N) is 2. The molecule has 0 fully saturated rings.